The molecule has 1 aromatic rings. The average molecular weight is 603 g/mol. The van der Waals surface area contributed by atoms with E-state index in [4.69, 9.17) is 4.74 Å². The minimum absolute atomic E-state index is 0.0515. The summed E-state index contributed by atoms with van der Waals surface area (Å²) in [5.74, 6) is -2.34. The molecule has 240 valence electrons. The molecule has 0 spiro atoms. The van der Waals surface area contributed by atoms with Crippen molar-refractivity contribution in [3.63, 3.8) is 0 Å². The van der Waals surface area contributed by atoms with Gasteiger partial charge in [-0.1, -0.05) is 39.8 Å². The second-order valence-electron chi connectivity index (χ2n) is 12.3. The Morgan fingerprint density at radius 1 is 1.05 bits per heavy atom. The Morgan fingerprint density at radius 3 is 2.35 bits per heavy atom. The highest BCUT2D eigenvalue weighted by atomic mass is 16.5. The maximum atomic E-state index is 13.6. The number of hydrogen-bond acceptors (Lipinski definition) is 7. The number of nitrogens with zero attached hydrogens (tertiary/aromatic N) is 2. The van der Waals surface area contributed by atoms with Crippen molar-refractivity contribution >= 4 is 29.5 Å². The minimum Gasteiger partial charge on any atom is -0.491 e. The SMILES string of the molecule is CC(C)C[C@H]1C(=O)N[C@H](C(C)C)C(=O)N[C@@H](C)COc2ccccc2C(=O)N[C@H](C(=O)NCCCN(C)C)CC(=O)N1C. The number of ether oxygens (including phenoxy) is 1. The molecule has 0 radical (unpaired) electrons. The number of benzene rings is 1. The fourth-order valence-electron chi connectivity index (χ4n) is 4.71. The van der Waals surface area contributed by atoms with Gasteiger partial charge in [-0.2, -0.15) is 0 Å². The fraction of sp³-hybridized carbons (Fsp3) is 0.645. The molecule has 1 aliphatic heterocycles. The lowest BCUT2D eigenvalue weighted by atomic mass is 9.98. The van der Waals surface area contributed by atoms with E-state index in [1.54, 1.807) is 31.2 Å². The van der Waals surface area contributed by atoms with Gasteiger partial charge in [-0.25, -0.2) is 0 Å². The molecule has 4 N–H and O–H groups in total. The molecule has 0 saturated heterocycles. The van der Waals surface area contributed by atoms with E-state index in [-0.39, 0.29) is 42.1 Å². The Morgan fingerprint density at radius 2 is 1.72 bits per heavy atom. The third-order valence-corrected chi connectivity index (χ3v) is 7.20. The summed E-state index contributed by atoms with van der Waals surface area (Å²) in [4.78, 5) is 70.5. The largest absolute Gasteiger partial charge is 0.491 e. The minimum atomic E-state index is -1.20. The van der Waals surface area contributed by atoms with Crippen LogP contribution < -0.4 is 26.0 Å². The molecule has 5 amide bonds. The van der Waals surface area contributed by atoms with E-state index in [1.807, 2.05) is 46.7 Å². The van der Waals surface area contributed by atoms with Gasteiger partial charge in [-0.3, -0.25) is 24.0 Å². The monoisotopic (exact) mass is 602 g/mol. The van der Waals surface area contributed by atoms with Gasteiger partial charge in [0.05, 0.1) is 18.0 Å². The van der Waals surface area contributed by atoms with Crippen molar-refractivity contribution < 1.29 is 28.7 Å². The summed E-state index contributed by atoms with van der Waals surface area (Å²) >= 11 is 0. The molecule has 1 heterocycles. The van der Waals surface area contributed by atoms with Crippen LogP contribution in [0.1, 0.15) is 64.2 Å². The van der Waals surface area contributed by atoms with Crippen LogP contribution in [0.5, 0.6) is 5.75 Å². The summed E-state index contributed by atoms with van der Waals surface area (Å²) in [6.07, 6.45) is 0.659. The molecule has 0 bridgehead atoms. The van der Waals surface area contributed by atoms with E-state index in [0.29, 0.717) is 19.4 Å². The van der Waals surface area contributed by atoms with Crippen molar-refractivity contribution in [2.45, 2.75) is 78.0 Å². The number of fused-ring (bicyclic) bond motifs is 1. The van der Waals surface area contributed by atoms with Crippen LogP contribution >= 0.6 is 0 Å². The first kappa shape index (κ1) is 35.5. The second kappa shape index (κ2) is 16.8. The van der Waals surface area contributed by atoms with E-state index >= 15 is 0 Å². The lowest BCUT2D eigenvalue weighted by Crippen LogP contribution is -2.57. The molecule has 0 saturated carbocycles. The normalized spacial score (nSPS) is 22.8. The number of hydrogen-bond donors (Lipinski definition) is 4. The average Bonchev–Trinajstić information content (AvgIpc) is 2.93. The molecule has 12 nitrogen and oxygen atoms in total. The number of rotatable bonds is 8. The number of amides is 5. The number of likely N-dealkylation sites (N-methyl/N-ethyl adjacent to an activating group) is 1. The molecular formula is C31H50N6O6. The Labute approximate surface area is 255 Å². The zero-order chi connectivity index (χ0) is 32.3. The van der Waals surface area contributed by atoms with Gasteiger partial charge in [0.2, 0.25) is 23.6 Å². The Kier molecular flexibility index (Phi) is 13.9. The van der Waals surface area contributed by atoms with Gasteiger partial charge in [0.1, 0.15) is 30.5 Å². The summed E-state index contributed by atoms with van der Waals surface area (Å²) < 4.78 is 5.91. The number of carbonyl (C=O) groups is 5. The van der Waals surface area contributed by atoms with Gasteiger partial charge < -0.3 is 35.8 Å². The zero-order valence-electron chi connectivity index (χ0n) is 26.9. The maximum Gasteiger partial charge on any atom is 0.255 e. The molecule has 2 rings (SSSR count). The smallest absolute Gasteiger partial charge is 0.255 e. The molecule has 1 aliphatic rings. The van der Waals surface area contributed by atoms with Crippen LogP contribution in [0.4, 0.5) is 0 Å². The highest BCUT2D eigenvalue weighted by molar-refractivity contribution is 6.01. The van der Waals surface area contributed by atoms with E-state index in [9.17, 15) is 24.0 Å². The lowest BCUT2D eigenvalue weighted by molar-refractivity contribution is -0.142. The summed E-state index contributed by atoms with van der Waals surface area (Å²) in [5.41, 5.74) is 0.186. The van der Waals surface area contributed by atoms with Gasteiger partial charge in [0.25, 0.3) is 5.91 Å². The molecule has 12 heteroatoms. The quantitative estimate of drug-likeness (QED) is 0.326. The van der Waals surface area contributed by atoms with Crippen LogP contribution in [0.25, 0.3) is 0 Å². The van der Waals surface area contributed by atoms with Crippen LogP contribution in [-0.2, 0) is 19.2 Å². The van der Waals surface area contributed by atoms with Crippen molar-refractivity contribution in [1.29, 1.82) is 0 Å². The molecule has 0 fully saturated rings. The Bertz CT molecular complexity index is 1120. The van der Waals surface area contributed by atoms with Crippen molar-refractivity contribution in [3.05, 3.63) is 29.8 Å². The van der Waals surface area contributed by atoms with Crippen molar-refractivity contribution in [2.24, 2.45) is 11.8 Å². The fourth-order valence-corrected chi connectivity index (χ4v) is 4.71. The van der Waals surface area contributed by atoms with Gasteiger partial charge in [0.15, 0.2) is 0 Å². The van der Waals surface area contributed by atoms with Crippen LogP contribution in [0.2, 0.25) is 0 Å². The molecule has 1 aromatic carbocycles. The molecular weight excluding hydrogens is 552 g/mol. The lowest BCUT2D eigenvalue weighted by Gasteiger charge is -2.32. The van der Waals surface area contributed by atoms with Gasteiger partial charge in [0, 0.05) is 13.6 Å². The highest BCUT2D eigenvalue weighted by Crippen LogP contribution is 2.20. The first-order chi connectivity index (χ1) is 20.2. The van der Waals surface area contributed by atoms with Crippen molar-refractivity contribution in [3.8, 4) is 5.75 Å². The summed E-state index contributed by atoms with van der Waals surface area (Å²) in [6.45, 7) is 10.5. The predicted molar refractivity (Wildman–Crippen MR) is 164 cm³/mol. The molecule has 4 atom stereocenters. The molecule has 43 heavy (non-hydrogen) atoms. The van der Waals surface area contributed by atoms with E-state index in [0.717, 1.165) is 6.54 Å². The van der Waals surface area contributed by atoms with Crippen LogP contribution in [-0.4, -0.2) is 104 Å². The highest BCUT2D eigenvalue weighted by Gasteiger charge is 2.35. The predicted octanol–water partition coefficient (Wildman–Crippen LogP) is 1.15. The van der Waals surface area contributed by atoms with E-state index in [2.05, 4.69) is 21.3 Å². The second-order valence-corrected chi connectivity index (χ2v) is 12.3. The molecule has 0 unspecified atom stereocenters. The number of nitrogens with one attached hydrogen (secondary N) is 4. The molecule has 0 aromatic heterocycles. The third-order valence-electron chi connectivity index (χ3n) is 7.20. The van der Waals surface area contributed by atoms with Gasteiger partial charge >= 0.3 is 0 Å². The Balaban J connectivity index is 2.49. The summed E-state index contributed by atoms with van der Waals surface area (Å²) in [7, 11) is 5.37. The van der Waals surface area contributed by atoms with Crippen LogP contribution in [0, 0.1) is 11.8 Å². The van der Waals surface area contributed by atoms with Gasteiger partial charge in [-0.15, -0.1) is 0 Å². The van der Waals surface area contributed by atoms with Crippen LogP contribution in [0.15, 0.2) is 24.3 Å². The topological polar surface area (TPSA) is 149 Å². The summed E-state index contributed by atoms with van der Waals surface area (Å²) in [5, 5.41) is 11.3. The van der Waals surface area contributed by atoms with Crippen molar-refractivity contribution in [2.75, 3.05) is 40.8 Å². The summed E-state index contributed by atoms with van der Waals surface area (Å²) in [6, 6.07) is 3.19. The number of para-hydroxylation sites is 1. The maximum absolute atomic E-state index is 13.6. The van der Waals surface area contributed by atoms with E-state index in [1.165, 1.54) is 11.9 Å². The number of carbonyl (C=O) groups excluding carboxylic acids is 5. The van der Waals surface area contributed by atoms with Crippen LogP contribution in [0.3, 0.4) is 0 Å². The van der Waals surface area contributed by atoms with Crippen molar-refractivity contribution in [1.82, 2.24) is 31.1 Å². The first-order valence-electron chi connectivity index (χ1n) is 15.0. The first-order valence-corrected chi connectivity index (χ1v) is 15.0. The third kappa shape index (κ3) is 11.2. The van der Waals surface area contributed by atoms with Gasteiger partial charge in [-0.05, 0) is 64.4 Å². The Hall–Kier alpha value is -3.67. The zero-order valence-corrected chi connectivity index (χ0v) is 26.9. The van der Waals surface area contributed by atoms with E-state index < -0.39 is 47.8 Å². The molecule has 0 aliphatic carbocycles. The standard InChI is InChI=1S/C31H50N6O6/c1-19(2)16-24-30(41)35-27(20(3)4)31(42)33-21(5)18-43-25-13-10-9-12-22(25)28(39)34-23(17-26(38)37(24)8)29(40)32-14-11-15-36(6)7/h9-10,12-13,19-21,23-24,27H,11,14-18H2,1-8H3,(H,32,40)(H,33,42)(H,34,39)(H,35,41)/t21-,23-,24-,27+/m0/s1.